The van der Waals surface area contributed by atoms with Gasteiger partial charge in [-0.1, -0.05) is 55.2 Å². The number of rotatable bonds is 8. The van der Waals surface area contributed by atoms with Crippen molar-refractivity contribution in [3.8, 4) is 0 Å². The van der Waals surface area contributed by atoms with Crippen molar-refractivity contribution in [3.05, 3.63) is 87.2 Å². The largest absolute Gasteiger partial charge is 0.299 e. The summed E-state index contributed by atoms with van der Waals surface area (Å²) in [6.07, 6.45) is 2.27. The van der Waals surface area contributed by atoms with Gasteiger partial charge in [-0.25, -0.2) is 8.42 Å². The molecule has 1 aromatic heterocycles. The van der Waals surface area contributed by atoms with Crippen LogP contribution in [0.1, 0.15) is 41.0 Å². The smallest absolute Gasteiger partial charge is 0.264 e. The van der Waals surface area contributed by atoms with Crippen LogP contribution < -0.4 is 4.31 Å². The number of pyridine rings is 1. The first-order chi connectivity index (χ1) is 17.1. The SMILES string of the molecule is CCN(CC)[C@@H]1Cc2ncc(CC(=O)c3c(Cl)cccc3Cl)cc2N(S(=O)(=O)c2cccc(C)c2)C1. The lowest BCUT2D eigenvalue weighted by Crippen LogP contribution is -2.50. The molecule has 0 saturated heterocycles. The topological polar surface area (TPSA) is 70.6 Å². The van der Waals surface area contributed by atoms with Gasteiger partial charge in [0.25, 0.3) is 10.0 Å². The van der Waals surface area contributed by atoms with E-state index in [9.17, 15) is 13.2 Å². The number of aryl methyl sites for hydroxylation is 1. The molecule has 3 aromatic rings. The Kier molecular flexibility index (Phi) is 8.05. The summed E-state index contributed by atoms with van der Waals surface area (Å²) in [5.41, 5.74) is 2.92. The van der Waals surface area contributed by atoms with Crippen molar-refractivity contribution in [1.29, 1.82) is 0 Å². The molecular formula is C27H29Cl2N3O3S. The van der Waals surface area contributed by atoms with Crippen LogP contribution in [0, 0.1) is 6.92 Å². The summed E-state index contributed by atoms with van der Waals surface area (Å²) in [5.74, 6) is -0.253. The zero-order valence-electron chi connectivity index (χ0n) is 20.5. The molecule has 0 amide bonds. The minimum absolute atomic E-state index is 0.00153. The van der Waals surface area contributed by atoms with Gasteiger partial charge in [-0.15, -0.1) is 0 Å². The summed E-state index contributed by atoms with van der Waals surface area (Å²) in [4.78, 5) is 20.2. The predicted octanol–water partition coefficient (Wildman–Crippen LogP) is 5.58. The van der Waals surface area contributed by atoms with E-state index in [0.717, 1.165) is 18.7 Å². The molecular weight excluding hydrogens is 517 g/mol. The van der Waals surface area contributed by atoms with Gasteiger partial charge < -0.3 is 0 Å². The number of Topliss-reactive ketones (excluding diaryl/α,β-unsaturated/α-hetero) is 1. The van der Waals surface area contributed by atoms with Crippen LogP contribution in [0.3, 0.4) is 0 Å². The summed E-state index contributed by atoms with van der Waals surface area (Å²) in [7, 11) is -3.85. The number of carbonyl (C=O) groups excluding carboxylic acids is 1. The molecule has 190 valence electrons. The fraction of sp³-hybridized carbons (Fsp3) is 0.333. The summed E-state index contributed by atoms with van der Waals surface area (Å²) in [6.45, 7) is 7.92. The number of ketones is 1. The molecule has 1 aliphatic rings. The van der Waals surface area contributed by atoms with Crippen molar-refractivity contribution in [2.45, 2.75) is 44.6 Å². The molecule has 0 spiro atoms. The van der Waals surface area contributed by atoms with Gasteiger partial charge in [0, 0.05) is 25.1 Å². The number of hydrogen-bond acceptors (Lipinski definition) is 5. The minimum Gasteiger partial charge on any atom is -0.299 e. The molecule has 0 N–H and O–H groups in total. The normalized spacial score (nSPS) is 15.7. The average molecular weight is 547 g/mol. The van der Waals surface area contributed by atoms with Crippen molar-refractivity contribution in [2.24, 2.45) is 0 Å². The maximum absolute atomic E-state index is 13.9. The highest BCUT2D eigenvalue weighted by atomic mass is 35.5. The summed E-state index contributed by atoms with van der Waals surface area (Å²) in [6, 6.07) is 13.6. The zero-order valence-corrected chi connectivity index (χ0v) is 22.9. The van der Waals surface area contributed by atoms with Gasteiger partial charge in [0.2, 0.25) is 0 Å². The molecule has 0 saturated carbocycles. The Morgan fingerprint density at radius 2 is 1.75 bits per heavy atom. The lowest BCUT2D eigenvalue weighted by molar-refractivity contribution is 0.0993. The third kappa shape index (κ3) is 5.30. The quantitative estimate of drug-likeness (QED) is 0.345. The predicted molar refractivity (Wildman–Crippen MR) is 145 cm³/mol. The van der Waals surface area contributed by atoms with E-state index < -0.39 is 10.0 Å². The van der Waals surface area contributed by atoms with E-state index in [1.807, 2.05) is 13.0 Å². The molecule has 0 fully saturated rings. The molecule has 0 aliphatic carbocycles. The van der Waals surface area contributed by atoms with Crippen LogP contribution in [-0.2, 0) is 22.9 Å². The van der Waals surface area contributed by atoms with Crippen LogP contribution in [0.2, 0.25) is 10.0 Å². The Labute approximate surface area is 222 Å². The fourth-order valence-corrected chi connectivity index (χ4v) is 6.96. The molecule has 9 heteroatoms. The lowest BCUT2D eigenvalue weighted by atomic mass is 9.99. The highest BCUT2D eigenvalue weighted by Crippen LogP contribution is 2.34. The van der Waals surface area contributed by atoms with E-state index >= 15 is 0 Å². The van der Waals surface area contributed by atoms with E-state index in [1.54, 1.807) is 48.7 Å². The van der Waals surface area contributed by atoms with Crippen LogP contribution in [0.25, 0.3) is 0 Å². The van der Waals surface area contributed by atoms with E-state index in [4.69, 9.17) is 23.2 Å². The molecule has 36 heavy (non-hydrogen) atoms. The van der Waals surface area contributed by atoms with Gasteiger partial charge in [-0.3, -0.25) is 19.0 Å². The molecule has 6 nitrogen and oxygen atoms in total. The zero-order chi connectivity index (χ0) is 26.0. The second-order valence-electron chi connectivity index (χ2n) is 8.94. The minimum atomic E-state index is -3.85. The summed E-state index contributed by atoms with van der Waals surface area (Å²) >= 11 is 12.5. The first kappa shape index (κ1) is 26.6. The second-order valence-corrected chi connectivity index (χ2v) is 11.6. The molecule has 1 aliphatic heterocycles. The highest BCUT2D eigenvalue weighted by molar-refractivity contribution is 7.92. The van der Waals surface area contributed by atoms with Crippen LogP contribution in [0.15, 0.2) is 59.6 Å². The number of halogens is 2. The Morgan fingerprint density at radius 1 is 1.08 bits per heavy atom. The van der Waals surface area contributed by atoms with Crippen LogP contribution >= 0.6 is 23.2 Å². The number of benzene rings is 2. The Bertz CT molecular complexity index is 1370. The van der Waals surface area contributed by atoms with Crippen molar-refractivity contribution >= 4 is 44.7 Å². The molecule has 1 atom stereocenters. The number of anilines is 1. The van der Waals surface area contributed by atoms with Crippen molar-refractivity contribution < 1.29 is 13.2 Å². The number of likely N-dealkylation sites (N-methyl/N-ethyl adjacent to an activating group) is 1. The Morgan fingerprint density at radius 3 is 2.39 bits per heavy atom. The lowest BCUT2D eigenvalue weighted by Gasteiger charge is -2.39. The third-order valence-electron chi connectivity index (χ3n) is 6.59. The van der Waals surface area contributed by atoms with E-state index in [2.05, 4.69) is 23.7 Å². The number of sulfonamides is 1. The van der Waals surface area contributed by atoms with Crippen LogP contribution in [0.4, 0.5) is 5.69 Å². The summed E-state index contributed by atoms with van der Waals surface area (Å²) < 4.78 is 29.2. The maximum atomic E-state index is 13.9. The molecule has 0 radical (unpaired) electrons. The maximum Gasteiger partial charge on any atom is 0.264 e. The van der Waals surface area contributed by atoms with Crippen molar-refractivity contribution in [1.82, 2.24) is 9.88 Å². The van der Waals surface area contributed by atoms with Gasteiger partial charge in [-0.05, 0) is 61.5 Å². The third-order valence-corrected chi connectivity index (χ3v) is 9.00. The molecule has 2 heterocycles. The number of carbonyl (C=O) groups is 1. The first-order valence-electron chi connectivity index (χ1n) is 11.9. The van der Waals surface area contributed by atoms with E-state index in [0.29, 0.717) is 29.9 Å². The van der Waals surface area contributed by atoms with E-state index in [1.165, 1.54) is 4.31 Å². The van der Waals surface area contributed by atoms with Crippen molar-refractivity contribution in [3.63, 3.8) is 0 Å². The standard InChI is InChI=1S/C27H29Cl2N3O3S/c1-4-31(5-2)20-15-24-25(32(17-20)36(34,35)21-9-6-8-18(3)12-21)13-19(16-30-24)14-26(33)27-22(28)10-7-11-23(27)29/h6-13,16,20H,4-5,14-15,17H2,1-3H3/t20-/m1/s1. The molecule has 0 bridgehead atoms. The monoisotopic (exact) mass is 545 g/mol. The number of nitrogens with zero attached hydrogens (tertiary/aromatic N) is 3. The first-order valence-corrected chi connectivity index (χ1v) is 14.1. The molecule has 2 aromatic carbocycles. The van der Waals surface area contributed by atoms with E-state index in [-0.39, 0.29) is 38.8 Å². The Hall–Kier alpha value is -2.45. The van der Waals surface area contributed by atoms with Gasteiger partial charge in [-0.2, -0.15) is 0 Å². The van der Waals surface area contributed by atoms with Crippen LogP contribution in [-0.4, -0.2) is 49.8 Å². The molecule has 0 unspecified atom stereocenters. The average Bonchev–Trinajstić information content (AvgIpc) is 2.84. The number of aromatic nitrogens is 1. The Balaban J connectivity index is 1.76. The number of fused-ring (bicyclic) bond motifs is 1. The van der Waals surface area contributed by atoms with Crippen molar-refractivity contribution in [2.75, 3.05) is 23.9 Å². The number of hydrogen-bond donors (Lipinski definition) is 0. The molecule has 4 rings (SSSR count). The fourth-order valence-electron chi connectivity index (χ4n) is 4.72. The van der Waals surface area contributed by atoms with Gasteiger partial charge in [0.1, 0.15) is 0 Å². The highest BCUT2D eigenvalue weighted by Gasteiger charge is 2.36. The van der Waals surface area contributed by atoms with Crippen LogP contribution in [0.5, 0.6) is 0 Å². The van der Waals surface area contributed by atoms with Gasteiger partial charge in [0.15, 0.2) is 5.78 Å². The van der Waals surface area contributed by atoms with Gasteiger partial charge >= 0.3 is 0 Å². The second kappa shape index (κ2) is 10.9. The van der Waals surface area contributed by atoms with Gasteiger partial charge in [0.05, 0.1) is 38.4 Å². The summed E-state index contributed by atoms with van der Waals surface area (Å²) in [5, 5.41) is 0.563.